The van der Waals surface area contributed by atoms with Gasteiger partial charge in [0.2, 0.25) is 0 Å². The van der Waals surface area contributed by atoms with E-state index in [9.17, 15) is 4.79 Å². The van der Waals surface area contributed by atoms with E-state index in [1.807, 2.05) is 19.1 Å². The number of hydrogen-bond acceptors (Lipinski definition) is 5. The molecular formula is C13H18N2O4. The van der Waals surface area contributed by atoms with E-state index in [0.29, 0.717) is 25.5 Å². The number of rotatable bonds is 5. The lowest BCUT2D eigenvalue weighted by Gasteiger charge is -2.21. The zero-order valence-corrected chi connectivity index (χ0v) is 11.0. The Labute approximate surface area is 111 Å². The van der Waals surface area contributed by atoms with E-state index in [4.69, 9.17) is 14.6 Å². The summed E-state index contributed by atoms with van der Waals surface area (Å²) >= 11 is 0. The van der Waals surface area contributed by atoms with E-state index in [1.54, 1.807) is 7.05 Å². The molecule has 0 amide bonds. The Bertz CT molecular complexity index is 476. The van der Waals surface area contributed by atoms with Crippen LogP contribution in [0.15, 0.2) is 12.1 Å². The predicted octanol–water partition coefficient (Wildman–Crippen LogP) is 0.851. The van der Waals surface area contributed by atoms with Crippen LogP contribution in [0, 0.1) is 6.92 Å². The second-order valence-corrected chi connectivity index (χ2v) is 4.37. The maximum atomic E-state index is 10.9. The van der Waals surface area contributed by atoms with Crippen LogP contribution < -0.4 is 20.1 Å². The zero-order chi connectivity index (χ0) is 13.8. The number of hydrogen-bond donors (Lipinski definition) is 3. The number of ether oxygens (including phenoxy) is 2. The van der Waals surface area contributed by atoms with Crippen molar-refractivity contribution in [1.29, 1.82) is 0 Å². The van der Waals surface area contributed by atoms with Crippen LogP contribution in [0.3, 0.4) is 0 Å². The van der Waals surface area contributed by atoms with Gasteiger partial charge in [-0.05, 0) is 25.6 Å². The van der Waals surface area contributed by atoms with Gasteiger partial charge in [-0.1, -0.05) is 0 Å². The van der Waals surface area contributed by atoms with Crippen LogP contribution in [-0.2, 0) is 4.79 Å². The van der Waals surface area contributed by atoms with Gasteiger partial charge in [-0.25, -0.2) is 0 Å². The number of likely N-dealkylation sites (N-methyl/N-ethyl adjacent to an activating group) is 1. The van der Waals surface area contributed by atoms with Crippen molar-refractivity contribution in [3.8, 4) is 11.5 Å². The molecule has 0 aromatic heterocycles. The quantitative estimate of drug-likeness (QED) is 0.733. The highest BCUT2D eigenvalue weighted by molar-refractivity contribution is 5.74. The molecule has 3 N–H and O–H groups in total. The zero-order valence-electron chi connectivity index (χ0n) is 11.0. The summed E-state index contributed by atoms with van der Waals surface area (Å²) < 4.78 is 11.0. The Kier molecular flexibility index (Phi) is 4.11. The fraction of sp³-hybridized carbons (Fsp3) is 0.462. The molecule has 0 saturated heterocycles. The highest BCUT2D eigenvalue weighted by Crippen LogP contribution is 2.35. The number of aryl methyl sites for hydroxylation is 1. The van der Waals surface area contributed by atoms with Crippen LogP contribution in [0.2, 0.25) is 0 Å². The minimum absolute atomic E-state index is 0.298. The van der Waals surface area contributed by atoms with E-state index in [-0.39, 0.29) is 0 Å². The molecule has 0 fully saturated rings. The first-order valence-corrected chi connectivity index (χ1v) is 6.16. The summed E-state index contributed by atoms with van der Waals surface area (Å²) in [5.74, 6) is 0.540. The van der Waals surface area contributed by atoms with Crippen molar-refractivity contribution in [1.82, 2.24) is 5.32 Å². The van der Waals surface area contributed by atoms with Gasteiger partial charge in [0.25, 0.3) is 0 Å². The number of aliphatic carboxylic acids is 1. The van der Waals surface area contributed by atoms with E-state index in [0.717, 1.165) is 17.0 Å². The first-order chi connectivity index (χ1) is 9.11. The molecule has 0 aliphatic carbocycles. The Morgan fingerprint density at radius 3 is 2.58 bits per heavy atom. The third-order valence-corrected chi connectivity index (χ3v) is 3.03. The van der Waals surface area contributed by atoms with Crippen molar-refractivity contribution in [3.63, 3.8) is 0 Å². The maximum absolute atomic E-state index is 10.9. The molecule has 1 aliphatic heterocycles. The van der Waals surface area contributed by atoms with Crippen molar-refractivity contribution in [2.45, 2.75) is 13.0 Å². The number of benzene rings is 1. The smallest absolute Gasteiger partial charge is 0.322 e. The number of carboxylic acid groups (broad SMARTS) is 1. The molecule has 6 heteroatoms. The molecule has 1 aromatic carbocycles. The number of anilines is 1. The van der Waals surface area contributed by atoms with Crippen LogP contribution in [0.1, 0.15) is 5.56 Å². The average Bonchev–Trinajstić information content (AvgIpc) is 2.39. The second kappa shape index (κ2) is 5.79. The average molecular weight is 266 g/mol. The van der Waals surface area contributed by atoms with E-state index in [2.05, 4.69) is 10.6 Å². The van der Waals surface area contributed by atoms with E-state index in [1.165, 1.54) is 0 Å². The molecule has 1 heterocycles. The summed E-state index contributed by atoms with van der Waals surface area (Å²) in [6.07, 6.45) is 0. The Morgan fingerprint density at radius 1 is 1.37 bits per heavy atom. The van der Waals surface area contributed by atoms with Crippen molar-refractivity contribution in [3.05, 3.63) is 17.7 Å². The summed E-state index contributed by atoms with van der Waals surface area (Å²) in [6.45, 7) is 3.33. The maximum Gasteiger partial charge on any atom is 0.322 e. The standard InChI is InChI=1S/C13H18N2O4/c1-8-5-11-12(19-4-3-18-11)6-9(8)15-7-10(14-2)13(16)17/h5-6,10,14-15H,3-4,7H2,1-2H3,(H,16,17). The summed E-state index contributed by atoms with van der Waals surface area (Å²) in [4.78, 5) is 10.9. The van der Waals surface area contributed by atoms with Crippen LogP contribution in [0.25, 0.3) is 0 Å². The molecule has 1 aromatic rings. The van der Waals surface area contributed by atoms with Gasteiger partial charge in [-0.2, -0.15) is 0 Å². The van der Waals surface area contributed by atoms with Crippen LogP contribution in [0.4, 0.5) is 5.69 Å². The van der Waals surface area contributed by atoms with Crippen molar-refractivity contribution < 1.29 is 19.4 Å². The highest BCUT2D eigenvalue weighted by Gasteiger charge is 2.17. The third kappa shape index (κ3) is 3.08. The SMILES string of the molecule is CNC(CNc1cc2c(cc1C)OCCO2)C(=O)O. The molecule has 0 saturated carbocycles. The van der Waals surface area contributed by atoms with Crippen molar-refractivity contribution >= 4 is 11.7 Å². The first kappa shape index (κ1) is 13.5. The highest BCUT2D eigenvalue weighted by atomic mass is 16.6. The molecule has 0 spiro atoms. The largest absolute Gasteiger partial charge is 0.486 e. The predicted molar refractivity (Wildman–Crippen MR) is 71.1 cm³/mol. The molecule has 19 heavy (non-hydrogen) atoms. The molecule has 1 atom stereocenters. The molecule has 6 nitrogen and oxygen atoms in total. The van der Waals surface area contributed by atoms with Gasteiger partial charge in [0.05, 0.1) is 0 Å². The Hall–Kier alpha value is -1.95. The topological polar surface area (TPSA) is 79.8 Å². The number of fused-ring (bicyclic) bond motifs is 1. The number of carbonyl (C=O) groups is 1. The van der Waals surface area contributed by atoms with Crippen LogP contribution in [0.5, 0.6) is 11.5 Å². The molecule has 2 rings (SSSR count). The fourth-order valence-electron chi connectivity index (χ4n) is 1.91. The molecule has 1 aliphatic rings. The lowest BCUT2D eigenvalue weighted by Crippen LogP contribution is -2.39. The van der Waals surface area contributed by atoms with Crippen molar-refractivity contribution in [2.75, 3.05) is 32.1 Å². The fourth-order valence-corrected chi connectivity index (χ4v) is 1.91. The van der Waals surface area contributed by atoms with Crippen molar-refractivity contribution in [2.24, 2.45) is 0 Å². The van der Waals surface area contributed by atoms with Gasteiger partial charge in [0, 0.05) is 18.3 Å². The lowest BCUT2D eigenvalue weighted by atomic mass is 10.1. The molecular weight excluding hydrogens is 248 g/mol. The molecule has 0 radical (unpaired) electrons. The van der Waals surface area contributed by atoms with Gasteiger partial charge in [0.1, 0.15) is 19.3 Å². The van der Waals surface area contributed by atoms with Gasteiger partial charge in [-0.15, -0.1) is 0 Å². The number of carboxylic acids is 1. The minimum Gasteiger partial charge on any atom is -0.486 e. The van der Waals surface area contributed by atoms with Crippen LogP contribution >= 0.6 is 0 Å². The summed E-state index contributed by atoms with van der Waals surface area (Å²) in [7, 11) is 1.62. The molecule has 1 unspecified atom stereocenters. The van der Waals surface area contributed by atoms with Crippen LogP contribution in [-0.4, -0.2) is 43.9 Å². The minimum atomic E-state index is -0.884. The third-order valence-electron chi connectivity index (χ3n) is 3.03. The summed E-state index contributed by atoms with van der Waals surface area (Å²) in [5.41, 5.74) is 1.84. The molecule has 104 valence electrons. The first-order valence-electron chi connectivity index (χ1n) is 6.16. The number of nitrogens with one attached hydrogen (secondary N) is 2. The Balaban J connectivity index is 2.10. The Morgan fingerprint density at radius 2 is 2.00 bits per heavy atom. The lowest BCUT2D eigenvalue weighted by molar-refractivity contribution is -0.138. The van der Waals surface area contributed by atoms with Gasteiger partial charge in [-0.3, -0.25) is 4.79 Å². The summed E-state index contributed by atoms with van der Waals surface area (Å²) in [5, 5.41) is 14.8. The molecule has 0 bridgehead atoms. The van der Waals surface area contributed by atoms with Gasteiger partial charge in [0.15, 0.2) is 11.5 Å². The van der Waals surface area contributed by atoms with E-state index < -0.39 is 12.0 Å². The monoisotopic (exact) mass is 266 g/mol. The van der Waals surface area contributed by atoms with E-state index >= 15 is 0 Å². The normalized spacial score (nSPS) is 14.8. The van der Waals surface area contributed by atoms with Gasteiger partial charge < -0.3 is 25.2 Å². The van der Waals surface area contributed by atoms with Gasteiger partial charge >= 0.3 is 5.97 Å². The summed E-state index contributed by atoms with van der Waals surface area (Å²) in [6, 6.07) is 3.11. The second-order valence-electron chi connectivity index (χ2n) is 4.37.